The number of carbonyl (C=O) groups is 1. The van der Waals surface area contributed by atoms with E-state index in [2.05, 4.69) is 10.5 Å². The summed E-state index contributed by atoms with van der Waals surface area (Å²) in [6.07, 6.45) is 2.50. The molecule has 3 rings (SSSR count). The van der Waals surface area contributed by atoms with Crippen molar-refractivity contribution >= 4 is 12.1 Å². The molecule has 7 heteroatoms. The Bertz CT molecular complexity index is 916. The number of ether oxygens (including phenoxy) is 3. The molecule has 1 amide bonds. The molecule has 28 heavy (non-hydrogen) atoms. The highest BCUT2D eigenvalue weighted by molar-refractivity contribution is 5.86. The standard InChI is InChI=1S/C21H21N3O4/c1-3-26-19-9-16-8-14(2)28-20(16)10-17(19)12-23-24-21(25)13-27-18-6-4-15(11-22)5-7-18/h4-7,9-10,12,14H,3,8,13H2,1-2H3,(H,24,25)/b23-12-/t14-/m0/s1. The highest BCUT2D eigenvalue weighted by Crippen LogP contribution is 2.34. The van der Waals surface area contributed by atoms with Crippen molar-refractivity contribution in [2.24, 2.45) is 5.10 Å². The molecule has 0 unspecified atom stereocenters. The molecular formula is C21H21N3O4. The lowest BCUT2D eigenvalue weighted by Crippen LogP contribution is -2.24. The van der Waals surface area contributed by atoms with Crippen LogP contribution in [0.4, 0.5) is 0 Å². The van der Waals surface area contributed by atoms with E-state index in [4.69, 9.17) is 19.5 Å². The number of hydrogen-bond acceptors (Lipinski definition) is 6. The van der Waals surface area contributed by atoms with Gasteiger partial charge in [0.25, 0.3) is 5.91 Å². The average molecular weight is 379 g/mol. The zero-order valence-corrected chi connectivity index (χ0v) is 15.8. The Balaban J connectivity index is 1.58. The van der Waals surface area contributed by atoms with Crippen LogP contribution in [0, 0.1) is 11.3 Å². The molecule has 0 aliphatic carbocycles. The summed E-state index contributed by atoms with van der Waals surface area (Å²) in [5.41, 5.74) is 4.78. The van der Waals surface area contributed by atoms with Crippen LogP contribution in [0.2, 0.25) is 0 Å². The van der Waals surface area contributed by atoms with Gasteiger partial charge < -0.3 is 14.2 Å². The monoisotopic (exact) mass is 379 g/mol. The van der Waals surface area contributed by atoms with Gasteiger partial charge in [-0.05, 0) is 50.2 Å². The summed E-state index contributed by atoms with van der Waals surface area (Å²) in [7, 11) is 0. The molecule has 2 aromatic rings. The maximum absolute atomic E-state index is 11.9. The van der Waals surface area contributed by atoms with Crippen LogP contribution in [0.5, 0.6) is 17.2 Å². The second-order valence-electron chi connectivity index (χ2n) is 6.28. The molecule has 0 fully saturated rings. The SMILES string of the molecule is CCOc1cc2c(cc1/C=N\NC(=O)COc1ccc(C#N)cc1)O[C@@H](C)C2. The molecule has 1 N–H and O–H groups in total. The minimum atomic E-state index is -0.399. The Hall–Kier alpha value is -3.53. The number of fused-ring (bicyclic) bond motifs is 1. The third-order valence-corrected chi connectivity index (χ3v) is 4.07. The molecule has 0 bridgehead atoms. The van der Waals surface area contributed by atoms with E-state index in [1.807, 2.05) is 32.0 Å². The molecule has 1 aliphatic heterocycles. The Kier molecular flexibility index (Phi) is 6.12. The van der Waals surface area contributed by atoms with Crippen molar-refractivity contribution in [3.63, 3.8) is 0 Å². The fourth-order valence-corrected chi connectivity index (χ4v) is 2.82. The van der Waals surface area contributed by atoms with Gasteiger partial charge in [-0.25, -0.2) is 5.43 Å². The van der Waals surface area contributed by atoms with Gasteiger partial charge in [-0.3, -0.25) is 4.79 Å². The molecule has 2 aromatic carbocycles. The minimum absolute atomic E-state index is 0.135. The lowest BCUT2D eigenvalue weighted by molar-refractivity contribution is -0.123. The molecular weight excluding hydrogens is 358 g/mol. The molecule has 1 aliphatic rings. The molecule has 0 spiro atoms. The van der Waals surface area contributed by atoms with Gasteiger partial charge in [0.05, 0.1) is 24.5 Å². The van der Waals surface area contributed by atoms with Crippen LogP contribution in [0.25, 0.3) is 0 Å². The lowest BCUT2D eigenvalue weighted by Gasteiger charge is -2.09. The fraction of sp³-hybridized carbons (Fsp3) is 0.286. The van der Waals surface area contributed by atoms with Gasteiger partial charge in [0, 0.05) is 17.5 Å². The second kappa shape index (κ2) is 8.91. The summed E-state index contributed by atoms with van der Waals surface area (Å²) in [5.74, 6) is 1.62. The highest BCUT2D eigenvalue weighted by Gasteiger charge is 2.21. The molecule has 1 atom stereocenters. The van der Waals surface area contributed by atoms with E-state index in [1.165, 1.54) is 6.21 Å². The van der Waals surface area contributed by atoms with E-state index >= 15 is 0 Å². The topological polar surface area (TPSA) is 92.9 Å². The number of benzene rings is 2. The van der Waals surface area contributed by atoms with Crippen molar-refractivity contribution in [2.45, 2.75) is 26.4 Å². The summed E-state index contributed by atoms with van der Waals surface area (Å²) >= 11 is 0. The quantitative estimate of drug-likeness (QED) is 0.590. The van der Waals surface area contributed by atoms with E-state index in [-0.39, 0.29) is 12.7 Å². The summed E-state index contributed by atoms with van der Waals surface area (Å²) in [4.78, 5) is 11.9. The number of amides is 1. The molecule has 0 saturated heterocycles. The van der Waals surface area contributed by atoms with Crippen molar-refractivity contribution in [3.05, 3.63) is 53.1 Å². The maximum Gasteiger partial charge on any atom is 0.277 e. The average Bonchev–Trinajstić information content (AvgIpc) is 3.06. The Morgan fingerprint density at radius 2 is 2.14 bits per heavy atom. The predicted octanol–water partition coefficient (Wildman–Crippen LogP) is 2.81. The predicted molar refractivity (Wildman–Crippen MR) is 104 cm³/mol. The van der Waals surface area contributed by atoms with Gasteiger partial charge in [-0.2, -0.15) is 10.4 Å². The largest absolute Gasteiger partial charge is 0.493 e. The van der Waals surface area contributed by atoms with Crippen molar-refractivity contribution in [2.75, 3.05) is 13.2 Å². The number of nitrogens with zero attached hydrogens (tertiary/aromatic N) is 2. The normalized spacial score (nSPS) is 14.8. The first-order valence-corrected chi connectivity index (χ1v) is 9.00. The van der Waals surface area contributed by atoms with E-state index in [0.717, 1.165) is 23.3 Å². The van der Waals surface area contributed by atoms with Crippen LogP contribution in [-0.4, -0.2) is 31.4 Å². The number of rotatable bonds is 7. The van der Waals surface area contributed by atoms with Crippen molar-refractivity contribution in [1.82, 2.24) is 5.43 Å². The zero-order valence-electron chi connectivity index (χ0n) is 15.8. The Morgan fingerprint density at radius 1 is 1.36 bits per heavy atom. The molecule has 144 valence electrons. The van der Waals surface area contributed by atoms with Gasteiger partial charge in [-0.1, -0.05) is 0 Å². The van der Waals surface area contributed by atoms with Gasteiger partial charge >= 0.3 is 0 Å². The van der Waals surface area contributed by atoms with Crippen LogP contribution in [0.15, 0.2) is 41.5 Å². The number of hydrazone groups is 1. The first-order valence-electron chi connectivity index (χ1n) is 9.00. The summed E-state index contributed by atoms with van der Waals surface area (Å²) in [6.45, 7) is 4.27. The number of nitrogens with one attached hydrogen (secondary N) is 1. The zero-order chi connectivity index (χ0) is 19.9. The van der Waals surface area contributed by atoms with Crippen molar-refractivity contribution in [1.29, 1.82) is 5.26 Å². The van der Waals surface area contributed by atoms with Crippen LogP contribution in [0.3, 0.4) is 0 Å². The van der Waals surface area contributed by atoms with Crippen molar-refractivity contribution < 1.29 is 19.0 Å². The summed E-state index contributed by atoms with van der Waals surface area (Å²) in [5, 5.41) is 12.8. The second-order valence-corrected chi connectivity index (χ2v) is 6.28. The lowest BCUT2D eigenvalue weighted by atomic mass is 10.1. The van der Waals surface area contributed by atoms with E-state index in [0.29, 0.717) is 23.7 Å². The Labute approximate surface area is 163 Å². The molecule has 1 heterocycles. The Morgan fingerprint density at radius 3 is 2.86 bits per heavy atom. The van der Waals surface area contributed by atoms with Crippen LogP contribution in [0.1, 0.15) is 30.5 Å². The number of nitriles is 1. The molecule has 0 radical (unpaired) electrons. The molecule has 0 aromatic heterocycles. The smallest absolute Gasteiger partial charge is 0.277 e. The maximum atomic E-state index is 11.9. The molecule has 0 saturated carbocycles. The van der Waals surface area contributed by atoms with Crippen molar-refractivity contribution in [3.8, 4) is 23.3 Å². The van der Waals surface area contributed by atoms with Gasteiger partial charge in [0.2, 0.25) is 0 Å². The summed E-state index contributed by atoms with van der Waals surface area (Å²) in [6, 6.07) is 12.4. The van der Waals surface area contributed by atoms with E-state index in [1.54, 1.807) is 24.3 Å². The van der Waals surface area contributed by atoms with E-state index < -0.39 is 5.91 Å². The number of carbonyl (C=O) groups excluding carboxylic acids is 1. The number of hydrogen-bond donors (Lipinski definition) is 1. The fourth-order valence-electron chi connectivity index (χ4n) is 2.82. The summed E-state index contributed by atoms with van der Waals surface area (Å²) < 4.78 is 16.8. The van der Waals surface area contributed by atoms with Gasteiger partial charge in [0.15, 0.2) is 6.61 Å². The first kappa shape index (κ1) is 19.2. The van der Waals surface area contributed by atoms with Crippen LogP contribution >= 0.6 is 0 Å². The minimum Gasteiger partial charge on any atom is -0.493 e. The van der Waals surface area contributed by atoms with E-state index in [9.17, 15) is 4.79 Å². The van der Waals surface area contributed by atoms with Gasteiger partial charge in [0.1, 0.15) is 23.4 Å². The molecule has 7 nitrogen and oxygen atoms in total. The van der Waals surface area contributed by atoms with Crippen LogP contribution < -0.4 is 19.6 Å². The highest BCUT2D eigenvalue weighted by atomic mass is 16.5. The third-order valence-electron chi connectivity index (χ3n) is 4.07. The van der Waals surface area contributed by atoms with Gasteiger partial charge in [-0.15, -0.1) is 0 Å². The first-order chi connectivity index (χ1) is 13.6. The third kappa shape index (κ3) is 4.80. The van der Waals surface area contributed by atoms with Crippen LogP contribution in [-0.2, 0) is 11.2 Å².